The maximum absolute atomic E-state index is 7.21. The summed E-state index contributed by atoms with van der Waals surface area (Å²) in [5.74, 6) is 0.240. The van der Waals surface area contributed by atoms with Crippen molar-refractivity contribution in [2.45, 2.75) is 45.7 Å². The zero-order valence-electron chi connectivity index (χ0n) is 11.7. The van der Waals surface area contributed by atoms with Gasteiger partial charge in [-0.05, 0) is 26.0 Å². The van der Waals surface area contributed by atoms with Crippen molar-refractivity contribution in [3.05, 3.63) is 18.0 Å². The van der Waals surface area contributed by atoms with Gasteiger partial charge in [0.25, 0.3) is 0 Å². The van der Waals surface area contributed by atoms with Gasteiger partial charge < -0.3 is 10.6 Å². The number of hydrogen-bond donors (Lipinski definition) is 2. The van der Waals surface area contributed by atoms with Crippen molar-refractivity contribution in [3.8, 4) is 0 Å². The largest absolute Gasteiger partial charge is 0.388 e. The van der Waals surface area contributed by atoms with Crippen LogP contribution in [0.3, 0.4) is 0 Å². The topological polar surface area (TPSA) is 70.9 Å². The first-order chi connectivity index (χ1) is 8.56. The van der Waals surface area contributed by atoms with E-state index in [9.17, 15) is 0 Å². The van der Waals surface area contributed by atoms with Crippen molar-refractivity contribution >= 4 is 5.84 Å². The average Bonchev–Trinajstić information content (AvgIpc) is 2.76. The summed E-state index contributed by atoms with van der Waals surface area (Å²) in [6.45, 7) is 5.98. The maximum atomic E-state index is 7.21. The van der Waals surface area contributed by atoms with Gasteiger partial charge in [-0.15, -0.1) is 0 Å². The summed E-state index contributed by atoms with van der Waals surface area (Å²) < 4.78 is 2.06. The van der Waals surface area contributed by atoms with Gasteiger partial charge in [0.05, 0.1) is 17.6 Å². The van der Waals surface area contributed by atoms with Crippen LogP contribution in [0.15, 0.2) is 12.3 Å². The van der Waals surface area contributed by atoms with Crippen LogP contribution in [0.1, 0.15) is 44.8 Å². The Kier molecular flexibility index (Phi) is 5.85. The van der Waals surface area contributed by atoms with E-state index >= 15 is 0 Å². The molecular weight excluding hydrogens is 226 g/mol. The molecule has 1 aromatic heterocycles. The van der Waals surface area contributed by atoms with Crippen LogP contribution in [0.5, 0.6) is 0 Å². The molecule has 5 nitrogen and oxygen atoms in total. The molecule has 1 rings (SSSR count). The lowest BCUT2D eigenvalue weighted by Gasteiger charge is -2.15. The molecule has 0 fully saturated rings. The Labute approximate surface area is 109 Å². The van der Waals surface area contributed by atoms with Crippen LogP contribution in [0.25, 0.3) is 0 Å². The fraction of sp³-hybridized carbons (Fsp3) is 0.692. The van der Waals surface area contributed by atoms with E-state index in [1.54, 1.807) is 0 Å². The standard InChI is InChI=1S/C13H25N5/c1-4-12(5-2)18-9-6-11(16-18)10-17(3)8-7-13(14)15/h6,9,12H,4-5,7-8,10H2,1-3H3,(H3,14,15). The molecule has 0 atom stereocenters. The van der Waals surface area contributed by atoms with Crippen molar-refractivity contribution in [1.29, 1.82) is 5.41 Å². The Bertz CT molecular complexity index is 367. The molecule has 0 aliphatic heterocycles. The van der Waals surface area contributed by atoms with Crippen LogP contribution >= 0.6 is 0 Å². The first-order valence-electron chi connectivity index (χ1n) is 6.62. The minimum atomic E-state index is 0.240. The summed E-state index contributed by atoms with van der Waals surface area (Å²) >= 11 is 0. The number of nitrogens with one attached hydrogen (secondary N) is 1. The molecule has 0 aliphatic rings. The highest BCUT2D eigenvalue weighted by atomic mass is 15.3. The quantitative estimate of drug-likeness (QED) is 0.548. The highest BCUT2D eigenvalue weighted by molar-refractivity contribution is 5.76. The molecular formula is C13H25N5. The lowest BCUT2D eigenvalue weighted by molar-refractivity contribution is 0.327. The molecule has 102 valence electrons. The van der Waals surface area contributed by atoms with E-state index in [1.807, 2.05) is 7.05 Å². The summed E-state index contributed by atoms with van der Waals surface area (Å²) in [5.41, 5.74) is 6.43. The lowest BCUT2D eigenvalue weighted by Crippen LogP contribution is -2.24. The van der Waals surface area contributed by atoms with Crippen molar-refractivity contribution in [1.82, 2.24) is 14.7 Å². The molecule has 0 radical (unpaired) electrons. The third-order valence-electron chi connectivity index (χ3n) is 3.17. The predicted molar refractivity (Wildman–Crippen MR) is 74.7 cm³/mol. The molecule has 0 aliphatic carbocycles. The summed E-state index contributed by atoms with van der Waals surface area (Å²) in [4.78, 5) is 2.14. The van der Waals surface area contributed by atoms with Gasteiger partial charge in [-0.2, -0.15) is 5.10 Å². The molecule has 1 heterocycles. The highest BCUT2D eigenvalue weighted by Crippen LogP contribution is 2.14. The molecule has 18 heavy (non-hydrogen) atoms. The molecule has 0 saturated heterocycles. The third kappa shape index (κ3) is 4.49. The van der Waals surface area contributed by atoms with E-state index in [0.29, 0.717) is 12.5 Å². The summed E-state index contributed by atoms with van der Waals surface area (Å²) in [7, 11) is 2.03. The first-order valence-corrected chi connectivity index (χ1v) is 6.62. The van der Waals surface area contributed by atoms with Crippen LogP contribution < -0.4 is 5.73 Å². The van der Waals surface area contributed by atoms with Crippen LogP contribution in [-0.4, -0.2) is 34.1 Å². The zero-order valence-corrected chi connectivity index (χ0v) is 11.7. The summed E-state index contributed by atoms with van der Waals surface area (Å²) in [6, 6.07) is 2.57. The summed E-state index contributed by atoms with van der Waals surface area (Å²) in [6.07, 6.45) is 4.89. The summed E-state index contributed by atoms with van der Waals surface area (Å²) in [5, 5.41) is 11.8. The molecule has 0 aromatic carbocycles. The number of amidine groups is 1. The fourth-order valence-corrected chi connectivity index (χ4v) is 1.99. The van der Waals surface area contributed by atoms with E-state index in [2.05, 4.69) is 40.8 Å². The van der Waals surface area contributed by atoms with Gasteiger partial charge in [0, 0.05) is 25.7 Å². The maximum Gasteiger partial charge on any atom is 0.0918 e. The Morgan fingerprint density at radius 3 is 2.72 bits per heavy atom. The molecule has 0 bridgehead atoms. The molecule has 1 aromatic rings. The Balaban J connectivity index is 2.50. The van der Waals surface area contributed by atoms with Gasteiger partial charge in [-0.1, -0.05) is 13.8 Å². The molecule has 0 unspecified atom stereocenters. The van der Waals surface area contributed by atoms with Gasteiger partial charge >= 0.3 is 0 Å². The Morgan fingerprint density at radius 1 is 1.50 bits per heavy atom. The number of nitrogens with zero attached hydrogens (tertiary/aromatic N) is 3. The predicted octanol–water partition coefficient (Wildman–Crippen LogP) is 2.00. The van der Waals surface area contributed by atoms with Gasteiger partial charge in [0.2, 0.25) is 0 Å². The number of aromatic nitrogens is 2. The number of nitrogens with two attached hydrogens (primary N) is 1. The Morgan fingerprint density at radius 2 is 2.17 bits per heavy atom. The molecule has 0 spiro atoms. The fourth-order valence-electron chi connectivity index (χ4n) is 1.99. The van der Waals surface area contributed by atoms with Gasteiger partial charge in [0.15, 0.2) is 0 Å². The van der Waals surface area contributed by atoms with Crippen LogP contribution in [0.4, 0.5) is 0 Å². The average molecular weight is 251 g/mol. The van der Waals surface area contributed by atoms with Crippen molar-refractivity contribution in [3.63, 3.8) is 0 Å². The second-order valence-electron chi connectivity index (χ2n) is 4.77. The van der Waals surface area contributed by atoms with Crippen molar-refractivity contribution in [2.75, 3.05) is 13.6 Å². The van der Waals surface area contributed by atoms with Crippen molar-refractivity contribution < 1.29 is 0 Å². The number of rotatable bonds is 8. The van der Waals surface area contributed by atoms with Crippen molar-refractivity contribution in [2.24, 2.45) is 5.73 Å². The molecule has 5 heteroatoms. The SMILES string of the molecule is CCC(CC)n1ccc(CN(C)CCC(=N)N)n1. The minimum Gasteiger partial charge on any atom is -0.388 e. The van der Waals surface area contributed by atoms with Crippen LogP contribution in [0.2, 0.25) is 0 Å². The van der Waals surface area contributed by atoms with E-state index in [4.69, 9.17) is 11.1 Å². The van der Waals surface area contributed by atoms with E-state index in [0.717, 1.165) is 31.6 Å². The highest BCUT2D eigenvalue weighted by Gasteiger charge is 2.09. The van der Waals surface area contributed by atoms with Crippen LogP contribution in [-0.2, 0) is 6.54 Å². The second-order valence-corrected chi connectivity index (χ2v) is 4.77. The molecule has 3 N–H and O–H groups in total. The van der Waals surface area contributed by atoms with Gasteiger partial charge in [-0.3, -0.25) is 10.1 Å². The zero-order chi connectivity index (χ0) is 13.5. The molecule has 0 saturated carbocycles. The number of hydrogen-bond acceptors (Lipinski definition) is 3. The minimum absolute atomic E-state index is 0.240. The Hall–Kier alpha value is -1.36. The smallest absolute Gasteiger partial charge is 0.0918 e. The van der Waals surface area contributed by atoms with Gasteiger partial charge in [0.1, 0.15) is 0 Å². The second kappa shape index (κ2) is 7.16. The van der Waals surface area contributed by atoms with E-state index < -0.39 is 0 Å². The normalized spacial score (nSPS) is 11.4. The lowest BCUT2D eigenvalue weighted by atomic mass is 10.2. The van der Waals surface area contributed by atoms with E-state index in [1.165, 1.54) is 0 Å². The van der Waals surface area contributed by atoms with Crippen LogP contribution in [0, 0.1) is 5.41 Å². The van der Waals surface area contributed by atoms with E-state index in [-0.39, 0.29) is 5.84 Å². The third-order valence-corrected chi connectivity index (χ3v) is 3.17. The van der Waals surface area contributed by atoms with Gasteiger partial charge in [-0.25, -0.2) is 0 Å². The first kappa shape index (κ1) is 14.7. The monoisotopic (exact) mass is 251 g/mol. The molecule has 0 amide bonds.